The maximum Gasteiger partial charge on any atom is 0.252 e. The van der Waals surface area contributed by atoms with Crippen LogP contribution in [0.4, 0.5) is 0 Å². The summed E-state index contributed by atoms with van der Waals surface area (Å²) in [5, 5.41) is 3.78. The summed E-state index contributed by atoms with van der Waals surface area (Å²) in [5.41, 5.74) is 0.568. The van der Waals surface area contributed by atoms with Crippen molar-refractivity contribution in [2.45, 2.75) is 24.8 Å². The van der Waals surface area contributed by atoms with Crippen molar-refractivity contribution in [3.05, 3.63) is 44.3 Å². The average molecular weight is 357 g/mol. The summed E-state index contributed by atoms with van der Waals surface area (Å²) >= 11 is 9.27. The molecule has 1 aromatic heterocycles. The third-order valence-corrected chi connectivity index (χ3v) is 4.56. The zero-order valence-corrected chi connectivity index (χ0v) is 13.6. The summed E-state index contributed by atoms with van der Waals surface area (Å²) < 4.78 is 0.904. The number of carbonyl (C=O) groups is 1. The number of amides is 1. The Morgan fingerprint density at radius 2 is 2.32 bits per heavy atom. The van der Waals surface area contributed by atoms with Crippen LogP contribution in [0, 0.1) is 0 Å². The van der Waals surface area contributed by atoms with Gasteiger partial charge in [0.15, 0.2) is 0 Å². The van der Waals surface area contributed by atoms with E-state index >= 15 is 0 Å². The Morgan fingerprint density at radius 3 is 2.95 bits per heavy atom. The van der Waals surface area contributed by atoms with Gasteiger partial charge in [0.1, 0.15) is 5.01 Å². The molecule has 0 unspecified atom stereocenters. The van der Waals surface area contributed by atoms with Crippen LogP contribution in [0.3, 0.4) is 0 Å². The molecule has 0 radical (unpaired) electrons. The Hall–Kier alpha value is -0.850. The first kappa shape index (κ1) is 14.6. The monoisotopic (exact) mass is 356 g/mol. The van der Waals surface area contributed by atoms with Gasteiger partial charge >= 0.3 is 0 Å². The van der Waals surface area contributed by atoms with Crippen molar-refractivity contribution in [1.29, 1.82) is 0 Å². The van der Waals surface area contributed by atoms with Gasteiger partial charge in [-0.05, 0) is 24.6 Å². The zero-order chi connectivity index (χ0) is 13.8. The fraction of sp³-hybridized carbons (Fsp3) is 0.231. The quantitative estimate of drug-likeness (QED) is 0.820. The Balaban J connectivity index is 2.01. The van der Waals surface area contributed by atoms with Crippen molar-refractivity contribution in [2.24, 2.45) is 0 Å². The molecule has 19 heavy (non-hydrogen) atoms. The van der Waals surface area contributed by atoms with Crippen molar-refractivity contribution < 1.29 is 4.79 Å². The molecule has 0 fully saturated rings. The molecule has 2 aromatic rings. The van der Waals surface area contributed by atoms with E-state index in [1.807, 2.05) is 12.3 Å². The Labute approximate surface area is 130 Å². The molecule has 1 aromatic carbocycles. The number of carbonyl (C=O) groups excluding carboxylic acids is 1. The molecule has 1 heterocycles. The van der Waals surface area contributed by atoms with E-state index in [4.69, 9.17) is 0 Å². The second-order valence-corrected chi connectivity index (χ2v) is 6.52. The first-order valence-electron chi connectivity index (χ1n) is 5.80. The highest BCUT2D eigenvalue weighted by atomic mass is 79.9. The number of nitrogens with zero attached hydrogens (tertiary/aromatic N) is 1. The first-order chi connectivity index (χ1) is 9.10. The van der Waals surface area contributed by atoms with Crippen molar-refractivity contribution in [3.8, 4) is 0 Å². The molecule has 1 N–H and O–H groups in total. The van der Waals surface area contributed by atoms with E-state index in [2.05, 4.69) is 45.8 Å². The molecule has 0 atom stereocenters. The van der Waals surface area contributed by atoms with Gasteiger partial charge in [-0.15, -0.1) is 24.0 Å². The van der Waals surface area contributed by atoms with Crippen LogP contribution in [0.15, 0.2) is 33.8 Å². The Kier molecular flexibility index (Phi) is 5.01. The summed E-state index contributed by atoms with van der Waals surface area (Å²) in [7, 11) is 0. The number of hydrogen-bond donors (Lipinski definition) is 2. The summed E-state index contributed by atoms with van der Waals surface area (Å²) in [6, 6.07) is 5.38. The normalized spacial score (nSPS) is 10.5. The third-order valence-electron chi connectivity index (χ3n) is 2.55. The molecule has 0 aliphatic heterocycles. The van der Waals surface area contributed by atoms with Gasteiger partial charge in [-0.3, -0.25) is 4.79 Å². The highest BCUT2D eigenvalue weighted by Gasteiger charge is 2.10. The lowest BCUT2D eigenvalue weighted by molar-refractivity contribution is 0.0948. The summed E-state index contributed by atoms with van der Waals surface area (Å²) in [5.74, 6) is -0.134. The van der Waals surface area contributed by atoms with E-state index in [0.29, 0.717) is 17.0 Å². The highest BCUT2D eigenvalue weighted by Crippen LogP contribution is 2.20. The van der Waals surface area contributed by atoms with Crippen LogP contribution in [0.2, 0.25) is 0 Å². The van der Waals surface area contributed by atoms with Crippen LogP contribution < -0.4 is 5.32 Å². The molecule has 3 nitrogen and oxygen atoms in total. The number of benzene rings is 1. The predicted molar refractivity (Wildman–Crippen MR) is 84.1 cm³/mol. The minimum Gasteiger partial charge on any atom is -0.345 e. The molecule has 1 amide bonds. The van der Waals surface area contributed by atoms with E-state index in [9.17, 15) is 4.79 Å². The average Bonchev–Trinajstić information content (AvgIpc) is 2.84. The molecular weight excluding hydrogens is 344 g/mol. The SMILES string of the molecule is CCc1cnc(CNC(=O)c2ccc(Br)cc2S)s1. The van der Waals surface area contributed by atoms with Crippen molar-refractivity contribution in [3.63, 3.8) is 0 Å². The second kappa shape index (κ2) is 6.54. The van der Waals surface area contributed by atoms with Crippen molar-refractivity contribution >= 4 is 45.8 Å². The fourth-order valence-electron chi connectivity index (χ4n) is 1.54. The summed E-state index contributed by atoms with van der Waals surface area (Å²) in [4.78, 5) is 18.2. The van der Waals surface area contributed by atoms with Crippen LogP contribution >= 0.6 is 39.9 Å². The van der Waals surface area contributed by atoms with Crippen molar-refractivity contribution in [1.82, 2.24) is 10.3 Å². The Morgan fingerprint density at radius 1 is 1.53 bits per heavy atom. The zero-order valence-electron chi connectivity index (χ0n) is 10.3. The standard InChI is InChI=1S/C13H13BrN2OS2/c1-2-9-6-15-12(19-9)7-16-13(17)10-4-3-8(14)5-11(10)18/h3-6,18H,2,7H2,1H3,(H,16,17). The number of halogens is 1. The molecule has 0 saturated carbocycles. The molecule has 0 aliphatic rings. The van der Waals surface area contributed by atoms with Gasteiger partial charge in [0.25, 0.3) is 5.91 Å². The van der Waals surface area contributed by atoms with Gasteiger partial charge in [0.05, 0.1) is 12.1 Å². The van der Waals surface area contributed by atoms with E-state index in [0.717, 1.165) is 15.9 Å². The van der Waals surface area contributed by atoms with E-state index < -0.39 is 0 Å². The second-order valence-electron chi connectivity index (χ2n) is 3.92. The number of thiazole rings is 1. The number of nitrogens with one attached hydrogen (secondary N) is 1. The highest BCUT2D eigenvalue weighted by molar-refractivity contribution is 9.10. The van der Waals surface area contributed by atoms with Crippen LogP contribution in [0.1, 0.15) is 27.2 Å². The van der Waals surface area contributed by atoms with Crippen LogP contribution in [0.5, 0.6) is 0 Å². The van der Waals surface area contributed by atoms with Gasteiger partial charge in [-0.1, -0.05) is 22.9 Å². The van der Waals surface area contributed by atoms with E-state index in [1.165, 1.54) is 4.88 Å². The van der Waals surface area contributed by atoms with Crippen LogP contribution in [0.25, 0.3) is 0 Å². The summed E-state index contributed by atoms with van der Waals surface area (Å²) in [6.45, 7) is 2.54. The maximum absolute atomic E-state index is 12.0. The molecular formula is C13H13BrN2OS2. The number of hydrogen-bond acceptors (Lipinski definition) is 4. The lowest BCUT2D eigenvalue weighted by atomic mass is 10.2. The van der Waals surface area contributed by atoms with Gasteiger partial charge in [0.2, 0.25) is 0 Å². The first-order valence-corrected chi connectivity index (χ1v) is 7.86. The lowest BCUT2D eigenvalue weighted by Crippen LogP contribution is -2.23. The maximum atomic E-state index is 12.0. The molecule has 0 aliphatic carbocycles. The molecule has 6 heteroatoms. The minimum atomic E-state index is -0.134. The van der Waals surface area contributed by atoms with Crippen molar-refractivity contribution in [2.75, 3.05) is 0 Å². The van der Waals surface area contributed by atoms with Gasteiger partial charge in [-0.2, -0.15) is 0 Å². The molecule has 2 rings (SSSR count). The lowest BCUT2D eigenvalue weighted by Gasteiger charge is -2.06. The molecule has 0 bridgehead atoms. The number of aryl methyl sites for hydroxylation is 1. The van der Waals surface area contributed by atoms with Crippen LogP contribution in [-0.4, -0.2) is 10.9 Å². The van der Waals surface area contributed by atoms with Crippen LogP contribution in [-0.2, 0) is 13.0 Å². The van der Waals surface area contributed by atoms with Gasteiger partial charge in [0, 0.05) is 20.4 Å². The van der Waals surface area contributed by atoms with E-state index in [-0.39, 0.29) is 5.91 Å². The largest absolute Gasteiger partial charge is 0.345 e. The topological polar surface area (TPSA) is 42.0 Å². The van der Waals surface area contributed by atoms with E-state index in [1.54, 1.807) is 23.5 Å². The smallest absolute Gasteiger partial charge is 0.252 e. The Bertz CT molecular complexity index is 598. The number of aromatic nitrogens is 1. The third kappa shape index (κ3) is 3.81. The predicted octanol–water partition coefficient (Wildman–Crippen LogP) is 3.69. The summed E-state index contributed by atoms with van der Waals surface area (Å²) in [6.07, 6.45) is 2.83. The minimum absolute atomic E-state index is 0.134. The fourth-order valence-corrected chi connectivity index (χ4v) is 3.20. The number of rotatable bonds is 4. The molecule has 0 saturated heterocycles. The molecule has 100 valence electrons. The number of thiol groups is 1. The van der Waals surface area contributed by atoms with Gasteiger partial charge in [-0.25, -0.2) is 4.98 Å². The molecule has 0 spiro atoms. The van der Waals surface area contributed by atoms with Gasteiger partial charge < -0.3 is 5.32 Å².